The van der Waals surface area contributed by atoms with Crippen molar-refractivity contribution in [1.29, 1.82) is 0 Å². The van der Waals surface area contributed by atoms with Gasteiger partial charge in [-0.1, -0.05) is 0 Å². The molecular weight excluding hydrogens is 180 g/mol. The minimum absolute atomic E-state index is 0.0196. The van der Waals surface area contributed by atoms with E-state index in [1.54, 1.807) is 0 Å². The van der Waals surface area contributed by atoms with Gasteiger partial charge in [0.15, 0.2) is 0 Å². The van der Waals surface area contributed by atoms with Gasteiger partial charge in [0.05, 0.1) is 11.6 Å². The van der Waals surface area contributed by atoms with Crippen molar-refractivity contribution in [3.05, 3.63) is 0 Å². The Labute approximate surface area is 85.3 Å². The van der Waals surface area contributed by atoms with Crippen LogP contribution >= 0.6 is 0 Å². The molecule has 0 aliphatic carbocycles. The molecule has 2 N–H and O–H groups in total. The summed E-state index contributed by atoms with van der Waals surface area (Å²) in [6.45, 7) is 6.60. The Morgan fingerprint density at radius 1 is 1.50 bits per heavy atom. The average Bonchev–Trinajstić information content (AvgIpc) is 2.15. The second-order valence-corrected chi connectivity index (χ2v) is 4.31. The minimum atomic E-state index is -0.451. The van der Waals surface area contributed by atoms with Crippen molar-refractivity contribution in [2.24, 2.45) is 0 Å². The summed E-state index contributed by atoms with van der Waals surface area (Å²) in [7, 11) is 0. The van der Waals surface area contributed by atoms with Crippen LogP contribution in [0.5, 0.6) is 0 Å². The highest BCUT2D eigenvalue weighted by Gasteiger charge is 2.34. The lowest BCUT2D eigenvalue weighted by molar-refractivity contribution is -0.144. The van der Waals surface area contributed by atoms with E-state index in [0.29, 0.717) is 0 Å². The lowest BCUT2D eigenvalue weighted by Crippen LogP contribution is -2.57. The molecule has 1 amide bonds. The lowest BCUT2D eigenvalue weighted by Gasteiger charge is -2.33. The van der Waals surface area contributed by atoms with Crippen molar-refractivity contribution in [2.45, 2.75) is 51.7 Å². The predicted molar refractivity (Wildman–Crippen MR) is 54.6 cm³/mol. The number of carbonyl (C=O) groups excluding carboxylic acids is 1. The van der Waals surface area contributed by atoms with E-state index in [0.717, 1.165) is 25.8 Å². The van der Waals surface area contributed by atoms with Crippen LogP contribution in [-0.4, -0.2) is 24.1 Å². The largest absolute Gasteiger partial charge is 0.303 e. The lowest BCUT2D eigenvalue weighted by atomic mass is 9.90. The summed E-state index contributed by atoms with van der Waals surface area (Å²) in [5.41, 5.74) is 2.04. The van der Waals surface area contributed by atoms with Crippen LogP contribution < -0.4 is 10.8 Å². The highest BCUT2D eigenvalue weighted by Crippen LogP contribution is 2.18. The van der Waals surface area contributed by atoms with Crippen molar-refractivity contribution in [3.63, 3.8) is 0 Å². The van der Waals surface area contributed by atoms with E-state index in [-0.39, 0.29) is 12.0 Å². The van der Waals surface area contributed by atoms with Crippen LogP contribution in [0, 0.1) is 0 Å². The molecule has 0 spiro atoms. The number of piperidine rings is 1. The number of amides is 1. The highest BCUT2D eigenvalue weighted by atomic mass is 16.7. The molecule has 0 aromatic carbocycles. The van der Waals surface area contributed by atoms with E-state index < -0.39 is 5.54 Å². The molecule has 0 bridgehead atoms. The number of rotatable bonds is 3. The predicted octanol–water partition coefficient (Wildman–Crippen LogP) is 0.975. The van der Waals surface area contributed by atoms with E-state index in [1.165, 1.54) is 0 Å². The smallest absolute Gasteiger partial charge is 0.263 e. The van der Waals surface area contributed by atoms with Gasteiger partial charge in [0.2, 0.25) is 0 Å². The Hall–Kier alpha value is -0.610. The molecule has 82 valence electrons. The molecule has 4 nitrogen and oxygen atoms in total. The number of hydrogen-bond acceptors (Lipinski definition) is 3. The van der Waals surface area contributed by atoms with Gasteiger partial charge in [0.1, 0.15) is 0 Å². The van der Waals surface area contributed by atoms with E-state index in [4.69, 9.17) is 4.84 Å². The topological polar surface area (TPSA) is 50.4 Å². The van der Waals surface area contributed by atoms with Gasteiger partial charge < -0.3 is 5.32 Å². The van der Waals surface area contributed by atoms with Crippen molar-refractivity contribution in [2.75, 3.05) is 6.54 Å². The van der Waals surface area contributed by atoms with Crippen LogP contribution in [0.3, 0.4) is 0 Å². The van der Waals surface area contributed by atoms with Crippen molar-refractivity contribution in [1.82, 2.24) is 10.8 Å². The molecule has 1 fully saturated rings. The maximum atomic E-state index is 11.7. The molecule has 0 saturated carbocycles. The summed E-state index contributed by atoms with van der Waals surface area (Å²) in [6, 6.07) is 0. The second-order valence-electron chi connectivity index (χ2n) is 4.31. The summed E-state index contributed by atoms with van der Waals surface area (Å²) in [5, 5.41) is 3.23. The van der Waals surface area contributed by atoms with Crippen LogP contribution in [0.2, 0.25) is 0 Å². The Morgan fingerprint density at radius 2 is 2.21 bits per heavy atom. The van der Waals surface area contributed by atoms with E-state index in [2.05, 4.69) is 10.8 Å². The third-order valence-corrected chi connectivity index (χ3v) is 2.51. The molecule has 1 rings (SSSR count). The quantitative estimate of drug-likeness (QED) is 0.668. The van der Waals surface area contributed by atoms with Crippen LogP contribution in [0.1, 0.15) is 40.0 Å². The van der Waals surface area contributed by atoms with Crippen molar-refractivity contribution in [3.8, 4) is 0 Å². The Balaban J connectivity index is 2.41. The molecule has 4 heteroatoms. The summed E-state index contributed by atoms with van der Waals surface area (Å²) in [4.78, 5) is 16.8. The third-order valence-electron chi connectivity index (χ3n) is 2.51. The van der Waals surface area contributed by atoms with Crippen LogP contribution in [0.15, 0.2) is 0 Å². The van der Waals surface area contributed by atoms with Gasteiger partial charge in [-0.2, -0.15) is 0 Å². The Morgan fingerprint density at radius 3 is 2.71 bits per heavy atom. The third kappa shape index (κ3) is 2.96. The first-order valence-electron chi connectivity index (χ1n) is 5.26. The molecule has 0 aromatic rings. The van der Waals surface area contributed by atoms with Crippen molar-refractivity contribution >= 4 is 5.91 Å². The summed E-state index contributed by atoms with van der Waals surface area (Å²) in [5.74, 6) is -0.0640. The average molecular weight is 200 g/mol. The molecule has 1 aliphatic rings. The number of carbonyl (C=O) groups is 1. The number of nitrogens with one attached hydrogen (secondary N) is 2. The van der Waals surface area contributed by atoms with Crippen LogP contribution in [0.4, 0.5) is 0 Å². The second kappa shape index (κ2) is 4.75. The van der Waals surface area contributed by atoms with E-state index >= 15 is 0 Å². The Kier molecular flexibility index (Phi) is 3.89. The molecule has 0 radical (unpaired) electrons. The van der Waals surface area contributed by atoms with Gasteiger partial charge in [-0.3, -0.25) is 9.63 Å². The zero-order chi connectivity index (χ0) is 10.6. The maximum Gasteiger partial charge on any atom is 0.263 e. The highest BCUT2D eigenvalue weighted by molar-refractivity contribution is 5.85. The standard InChI is InChI=1S/C10H20N2O2/c1-8(2)14-12-9(13)10(3)6-4-5-7-11-10/h8,11H,4-7H2,1-3H3,(H,12,13). The molecule has 14 heavy (non-hydrogen) atoms. The van der Waals surface area contributed by atoms with Gasteiger partial charge in [-0.25, -0.2) is 5.48 Å². The summed E-state index contributed by atoms with van der Waals surface area (Å²) < 4.78 is 0. The zero-order valence-electron chi connectivity index (χ0n) is 9.22. The minimum Gasteiger partial charge on any atom is -0.303 e. The molecule has 1 saturated heterocycles. The first-order valence-corrected chi connectivity index (χ1v) is 5.26. The van der Waals surface area contributed by atoms with Gasteiger partial charge >= 0.3 is 0 Å². The maximum absolute atomic E-state index is 11.7. The van der Waals surface area contributed by atoms with Crippen LogP contribution in [-0.2, 0) is 9.63 Å². The first kappa shape index (κ1) is 11.5. The van der Waals surface area contributed by atoms with E-state index in [9.17, 15) is 4.79 Å². The fourth-order valence-corrected chi connectivity index (χ4v) is 1.53. The fraction of sp³-hybridized carbons (Fsp3) is 0.900. The van der Waals surface area contributed by atoms with Crippen molar-refractivity contribution < 1.29 is 9.63 Å². The molecule has 1 aliphatic heterocycles. The van der Waals surface area contributed by atoms with Crippen LogP contribution in [0.25, 0.3) is 0 Å². The number of hydroxylamine groups is 1. The fourth-order valence-electron chi connectivity index (χ4n) is 1.53. The molecular formula is C10H20N2O2. The summed E-state index contributed by atoms with van der Waals surface area (Å²) in [6.07, 6.45) is 3.14. The van der Waals surface area contributed by atoms with Gasteiger partial charge in [0.25, 0.3) is 5.91 Å². The Bertz CT molecular complexity index is 198. The molecule has 1 heterocycles. The normalized spacial score (nSPS) is 27.7. The number of hydrogen-bond donors (Lipinski definition) is 2. The monoisotopic (exact) mass is 200 g/mol. The molecule has 1 unspecified atom stereocenters. The van der Waals surface area contributed by atoms with Gasteiger partial charge in [-0.15, -0.1) is 0 Å². The van der Waals surface area contributed by atoms with Gasteiger partial charge in [-0.05, 0) is 46.6 Å². The molecule has 1 atom stereocenters. The summed E-state index contributed by atoms with van der Waals surface area (Å²) >= 11 is 0. The van der Waals surface area contributed by atoms with Gasteiger partial charge in [0, 0.05) is 0 Å². The SMILES string of the molecule is CC(C)ONC(=O)C1(C)CCCCN1. The zero-order valence-corrected chi connectivity index (χ0v) is 9.22. The first-order chi connectivity index (χ1) is 6.54. The molecule has 0 aromatic heterocycles. The van der Waals surface area contributed by atoms with E-state index in [1.807, 2.05) is 20.8 Å².